The minimum absolute atomic E-state index is 0.0864. The molecule has 14 nitrogen and oxygen atoms in total. The van der Waals surface area contributed by atoms with Gasteiger partial charge in [-0.3, -0.25) is 9.59 Å². The van der Waals surface area contributed by atoms with Gasteiger partial charge >= 0.3 is 12.4 Å². The summed E-state index contributed by atoms with van der Waals surface area (Å²) in [6.07, 6.45) is -3.28. The number of hydrogen-bond donors (Lipinski definition) is 5. The van der Waals surface area contributed by atoms with Crippen LogP contribution in [0.5, 0.6) is 11.6 Å². The Morgan fingerprint density at radius 1 is 0.701 bits per heavy atom. The second-order valence-corrected chi connectivity index (χ2v) is 17.1. The summed E-state index contributed by atoms with van der Waals surface area (Å²) in [5.41, 5.74) is 13.5. The third-order valence-electron chi connectivity index (χ3n) is 10.8. The van der Waals surface area contributed by atoms with Gasteiger partial charge in [-0.05, 0) is 109 Å². The Hall–Kier alpha value is -6.90. The first kappa shape index (κ1) is 46.6. The van der Waals surface area contributed by atoms with Crippen LogP contribution in [0.3, 0.4) is 0 Å². The Kier molecular flexibility index (Phi) is 13.3. The third-order valence-corrected chi connectivity index (χ3v) is 11.2. The van der Waals surface area contributed by atoms with Gasteiger partial charge in [-0.2, -0.15) is 31.4 Å². The molecule has 4 heterocycles. The van der Waals surface area contributed by atoms with Crippen LogP contribution in [0.1, 0.15) is 70.4 Å². The molecule has 0 aliphatic heterocycles. The van der Waals surface area contributed by atoms with E-state index >= 15 is 0 Å². The molecule has 0 saturated heterocycles. The van der Waals surface area contributed by atoms with Crippen molar-refractivity contribution in [3.05, 3.63) is 112 Å². The molecule has 0 radical (unpaired) electrons. The molecule has 21 heteroatoms. The Morgan fingerprint density at radius 2 is 1.18 bits per heavy atom. The summed E-state index contributed by atoms with van der Waals surface area (Å²) in [6.45, 7) is 3.10. The minimum atomic E-state index is -4.31. The van der Waals surface area contributed by atoms with Crippen LogP contribution < -0.4 is 31.7 Å². The molecule has 4 aromatic heterocycles. The first-order chi connectivity index (χ1) is 31.9. The zero-order chi connectivity index (χ0) is 47.6. The summed E-state index contributed by atoms with van der Waals surface area (Å²) in [6, 6.07) is 21.3. The number of carbonyl (C=O) groups excluding carboxylic acids is 2. The van der Waals surface area contributed by atoms with E-state index in [2.05, 4.69) is 57.4 Å². The van der Waals surface area contributed by atoms with E-state index in [0.717, 1.165) is 47.9 Å². The van der Waals surface area contributed by atoms with Gasteiger partial charge in [0.15, 0.2) is 17.0 Å². The van der Waals surface area contributed by atoms with Gasteiger partial charge in [0, 0.05) is 53.5 Å². The largest absolute Gasteiger partial charge is 0.435 e. The lowest BCUT2D eigenvalue weighted by molar-refractivity contribution is -0.132. The van der Waals surface area contributed by atoms with Crippen LogP contribution >= 0.6 is 15.9 Å². The number of ether oxygens (including phenoxy) is 1. The van der Waals surface area contributed by atoms with Crippen LogP contribution in [0.2, 0.25) is 0 Å². The van der Waals surface area contributed by atoms with Crippen molar-refractivity contribution in [1.29, 1.82) is 0 Å². The predicted molar refractivity (Wildman–Crippen MR) is 244 cm³/mol. The Balaban J connectivity index is 0.000000186. The minimum Gasteiger partial charge on any atom is -0.435 e. The molecule has 9 rings (SSSR count). The van der Waals surface area contributed by atoms with E-state index in [-0.39, 0.29) is 42.9 Å². The quantitative estimate of drug-likeness (QED) is 0.0521. The molecule has 3 aromatic carbocycles. The van der Waals surface area contributed by atoms with Crippen molar-refractivity contribution >= 4 is 56.1 Å². The maximum Gasteiger partial charge on any atom is 0.390 e. The number of para-hydroxylation sites is 2. The van der Waals surface area contributed by atoms with Gasteiger partial charge in [-0.25, -0.2) is 19.0 Å². The van der Waals surface area contributed by atoms with Gasteiger partial charge in [0.05, 0.1) is 53.7 Å². The molecule has 0 atom stereocenters. The average molecular weight is 993 g/mol. The van der Waals surface area contributed by atoms with Gasteiger partial charge in [-0.15, -0.1) is 5.10 Å². The summed E-state index contributed by atoms with van der Waals surface area (Å²) in [7, 11) is 0. The number of alkyl halides is 6. The van der Waals surface area contributed by atoms with Crippen molar-refractivity contribution in [1.82, 2.24) is 39.8 Å². The van der Waals surface area contributed by atoms with Crippen LogP contribution in [-0.2, 0) is 0 Å². The highest BCUT2D eigenvalue weighted by Crippen LogP contribution is 2.33. The first-order valence-electron chi connectivity index (χ1n) is 21.3. The van der Waals surface area contributed by atoms with E-state index in [4.69, 9.17) is 10.5 Å². The fraction of sp³-hybridized carbons (Fsp3) is 0.304. The average Bonchev–Trinajstić information content (AvgIpc) is 4.17. The van der Waals surface area contributed by atoms with E-state index in [0.29, 0.717) is 61.2 Å². The smallest absolute Gasteiger partial charge is 0.390 e. The second-order valence-electron chi connectivity index (χ2n) is 16.3. The van der Waals surface area contributed by atoms with Crippen molar-refractivity contribution in [2.75, 3.05) is 29.5 Å². The summed E-state index contributed by atoms with van der Waals surface area (Å²) in [5, 5.41) is 20.5. The molecule has 6 N–H and O–H groups in total. The number of halogens is 7. The molecular formula is C46H44BrF6N11O3. The fourth-order valence-corrected chi connectivity index (χ4v) is 7.48. The number of fused-ring (bicyclic) bond motifs is 2. The molecule has 0 spiro atoms. The Bertz CT molecular complexity index is 2960. The monoisotopic (exact) mass is 991 g/mol. The van der Waals surface area contributed by atoms with E-state index in [1.807, 2.05) is 32.0 Å². The normalized spacial score (nSPS) is 13.8. The van der Waals surface area contributed by atoms with Crippen LogP contribution in [0.15, 0.2) is 89.8 Å². The molecular weight excluding hydrogens is 948 g/mol. The van der Waals surface area contributed by atoms with Crippen molar-refractivity contribution in [2.24, 2.45) is 0 Å². The number of aryl methyl sites for hydroxylation is 2. The molecule has 0 unspecified atom stereocenters. The number of nitrogens with two attached hydrogens (primary N) is 1. The lowest BCUT2D eigenvalue weighted by atomic mass is 10.0. The van der Waals surface area contributed by atoms with Gasteiger partial charge in [0.2, 0.25) is 5.88 Å². The van der Waals surface area contributed by atoms with Crippen LogP contribution in [0, 0.1) is 13.8 Å². The molecule has 350 valence electrons. The molecule has 67 heavy (non-hydrogen) atoms. The summed E-state index contributed by atoms with van der Waals surface area (Å²) in [5.74, 6) is 0.280. The molecule has 0 bridgehead atoms. The van der Waals surface area contributed by atoms with Crippen molar-refractivity contribution in [3.8, 4) is 34.1 Å². The van der Waals surface area contributed by atoms with Crippen LogP contribution in [0.25, 0.3) is 33.8 Å². The Labute approximate surface area is 387 Å². The van der Waals surface area contributed by atoms with Crippen LogP contribution in [0.4, 0.5) is 43.4 Å². The number of anilines is 3. The molecule has 2 fully saturated rings. The first-order valence-corrected chi connectivity index (χ1v) is 22.1. The standard InChI is InChI=1S/C26H25F3N6O2.C20H19BrF3N5O/c1-15-12-16(6-9-18(15)25(36)33-17-7-8-17)21-14-32-24-20(31-11-10-26(27,28)29)13-23(34-35(21)24)37-22-5-3-2-4-19(22)30;1-11-8-12(2-5-14(11)19(30)27-13-3-4-13)16-10-26-18-15(9-17(21)28-29(16)18)25-7-6-20(22,23)24/h2-6,9,12-14,17,31H,7-8,10-11,30H2,1H3,(H,33,36);2,5,8-10,13,25H,3-4,6-7H2,1H3,(H,27,30). The number of nitrogens with zero attached hydrogens (tertiary/aromatic N) is 6. The maximum atomic E-state index is 12.8. The van der Waals surface area contributed by atoms with Crippen molar-refractivity contribution in [3.63, 3.8) is 0 Å². The second kappa shape index (κ2) is 19.1. The summed E-state index contributed by atoms with van der Waals surface area (Å²) in [4.78, 5) is 33.6. The van der Waals surface area contributed by atoms with Crippen molar-refractivity contribution in [2.45, 2.75) is 76.8 Å². The number of benzene rings is 3. The number of hydrogen-bond acceptors (Lipinski definition) is 10. The number of nitrogen functional groups attached to an aromatic ring is 1. The van der Waals surface area contributed by atoms with E-state index < -0.39 is 25.2 Å². The van der Waals surface area contributed by atoms with Gasteiger partial charge in [0.1, 0.15) is 4.60 Å². The SMILES string of the molecule is Cc1cc(-c2cnc3c(NCCC(F)(F)F)cc(Br)nn23)ccc1C(=O)NC1CC1.Cc1cc(-c2cnc3c(NCCC(F)(F)F)cc(Oc4ccccc4N)nn23)ccc1C(=O)NC1CC1. The highest BCUT2D eigenvalue weighted by atomic mass is 79.9. The number of amides is 2. The third kappa shape index (κ3) is 11.7. The van der Waals surface area contributed by atoms with E-state index in [1.54, 1.807) is 65.4 Å². The highest BCUT2D eigenvalue weighted by molar-refractivity contribution is 9.10. The predicted octanol–water partition coefficient (Wildman–Crippen LogP) is 10.1. The molecule has 2 amide bonds. The molecule has 7 aromatic rings. The van der Waals surface area contributed by atoms with Gasteiger partial charge in [0.25, 0.3) is 11.8 Å². The van der Waals surface area contributed by atoms with E-state index in [1.165, 1.54) is 10.6 Å². The summed E-state index contributed by atoms with van der Waals surface area (Å²) < 4.78 is 85.1. The number of aromatic nitrogens is 6. The maximum absolute atomic E-state index is 12.8. The molecule has 2 saturated carbocycles. The highest BCUT2D eigenvalue weighted by Gasteiger charge is 2.29. The van der Waals surface area contributed by atoms with Crippen molar-refractivity contribution < 1.29 is 40.7 Å². The zero-order valence-electron chi connectivity index (χ0n) is 36.0. The molecule has 2 aliphatic carbocycles. The number of nitrogens with one attached hydrogen (secondary N) is 4. The Morgan fingerprint density at radius 3 is 1.64 bits per heavy atom. The number of imidazole rings is 2. The van der Waals surface area contributed by atoms with E-state index in [9.17, 15) is 35.9 Å². The zero-order valence-corrected chi connectivity index (χ0v) is 37.6. The lowest BCUT2D eigenvalue weighted by Crippen LogP contribution is -2.26. The van der Waals surface area contributed by atoms with Gasteiger partial charge in [-0.1, -0.05) is 24.3 Å². The molecule has 2 aliphatic rings. The number of carbonyl (C=O) groups is 2. The van der Waals surface area contributed by atoms with Gasteiger partial charge < -0.3 is 31.7 Å². The number of rotatable bonds is 14. The van der Waals surface area contributed by atoms with Crippen LogP contribution in [-0.4, -0.2) is 78.5 Å². The topological polar surface area (TPSA) is 178 Å². The summed E-state index contributed by atoms with van der Waals surface area (Å²) >= 11 is 3.31. The fourth-order valence-electron chi connectivity index (χ4n) is 7.09. The lowest BCUT2D eigenvalue weighted by Gasteiger charge is -2.13.